The Kier molecular flexibility index (Phi) is 5.18. The maximum Gasteiger partial charge on any atom is 0.0589 e. The van der Waals surface area contributed by atoms with Crippen LogP contribution in [0.5, 0.6) is 0 Å². The van der Waals surface area contributed by atoms with Crippen molar-refractivity contribution in [3.63, 3.8) is 0 Å². The lowest BCUT2D eigenvalue weighted by molar-refractivity contribution is 0.112. The molecule has 0 saturated heterocycles. The molecular formula is C14H24N2OS. The Morgan fingerprint density at radius 1 is 1.44 bits per heavy atom. The third-order valence-electron chi connectivity index (χ3n) is 3.74. The van der Waals surface area contributed by atoms with Gasteiger partial charge in [-0.05, 0) is 37.8 Å². The Morgan fingerprint density at radius 3 is 2.72 bits per heavy atom. The summed E-state index contributed by atoms with van der Waals surface area (Å²) < 4.78 is 5.23. The van der Waals surface area contributed by atoms with E-state index < -0.39 is 0 Å². The molecule has 0 amide bonds. The molecule has 102 valence electrons. The van der Waals surface area contributed by atoms with Gasteiger partial charge in [-0.3, -0.25) is 4.90 Å². The molecule has 0 bridgehead atoms. The zero-order valence-electron chi connectivity index (χ0n) is 11.4. The number of rotatable bonds is 8. The zero-order chi connectivity index (χ0) is 13.0. The number of nitrogens with two attached hydrogens (primary N) is 1. The maximum atomic E-state index is 5.67. The molecule has 1 aromatic heterocycles. The third kappa shape index (κ3) is 3.79. The van der Waals surface area contributed by atoms with Crippen LogP contribution in [-0.2, 0) is 17.8 Å². The van der Waals surface area contributed by atoms with E-state index in [0.29, 0.717) is 12.6 Å². The van der Waals surface area contributed by atoms with Crippen molar-refractivity contribution in [3.05, 3.63) is 21.9 Å². The molecule has 18 heavy (non-hydrogen) atoms. The van der Waals surface area contributed by atoms with E-state index in [1.54, 1.807) is 7.11 Å². The summed E-state index contributed by atoms with van der Waals surface area (Å²) in [5.41, 5.74) is 5.67. The molecule has 1 atom stereocenters. The fraction of sp³-hybridized carbons (Fsp3) is 0.714. The largest absolute Gasteiger partial charge is 0.383 e. The first kappa shape index (κ1) is 14.0. The van der Waals surface area contributed by atoms with E-state index in [1.165, 1.54) is 22.6 Å². The second kappa shape index (κ2) is 6.66. The minimum atomic E-state index is 0.654. The second-order valence-electron chi connectivity index (χ2n) is 5.11. The fourth-order valence-electron chi connectivity index (χ4n) is 2.33. The predicted octanol–water partition coefficient (Wildman–Crippen LogP) is 2.45. The van der Waals surface area contributed by atoms with Gasteiger partial charge in [0, 0.05) is 42.5 Å². The average Bonchev–Trinajstić information content (AvgIpc) is 3.14. The minimum absolute atomic E-state index is 0.654. The first-order valence-corrected chi connectivity index (χ1v) is 7.57. The number of hydrogen-bond acceptors (Lipinski definition) is 4. The molecule has 1 aromatic rings. The van der Waals surface area contributed by atoms with Crippen LogP contribution in [-0.4, -0.2) is 31.2 Å². The second-order valence-corrected chi connectivity index (χ2v) is 6.37. The van der Waals surface area contributed by atoms with Crippen LogP contribution in [0, 0.1) is 5.92 Å². The average molecular weight is 268 g/mol. The molecule has 1 fully saturated rings. The molecule has 1 unspecified atom stereocenters. The van der Waals surface area contributed by atoms with Crippen molar-refractivity contribution < 1.29 is 4.74 Å². The van der Waals surface area contributed by atoms with Crippen LogP contribution in [0.15, 0.2) is 12.1 Å². The van der Waals surface area contributed by atoms with Crippen molar-refractivity contribution in [1.82, 2.24) is 4.90 Å². The highest BCUT2D eigenvalue weighted by Crippen LogP contribution is 2.35. The van der Waals surface area contributed by atoms with Gasteiger partial charge in [-0.15, -0.1) is 11.3 Å². The summed E-state index contributed by atoms with van der Waals surface area (Å²) in [6.45, 7) is 5.87. The van der Waals surface area contributed by atoms with Crippen molar-refractivity contribution in [1.29, 1.82) is 0 Å². The van der Waals surface area contributed by atoms with Gasteiger partial charge in [0.1, 0.15) is 0 Å². The summed E-state index contributed by atoms with van der Waals surface area (Å²) in [5.74, 6) is 0.899. The maximum absolute atomic E-state index is 5.67. The molecule has 0 aromatic carbocycles. The highest BCUT2D eigenvalue weighted by molar-refractivity contribution is 7.11. The molecule has 4 heteroatoms. The van der Waals surface area contributed by atoms with Crippen LogP contribution in [0.1, 0.15) is 29.5 Å². The van der Waals surface area contributed by atoms with Gasteiger partial charge in [-0.25, -0.2) is 0 Å². The lowest BCUT2D eigenvalue weighted by Crippen LogP contribution is -2.36. The van der Waals surface area contributed by atoms with E-state index >= 15 is 0 Å². The van der Waals surface area contributed by atoms with Crippen LogP contribution in [0.25, 0.3) is 0 Å². The number of hydrogen-bond donors (Lipinski definition) is 1. The van der Waals surface area contributed by atoms with Gasteiger partial charge in [0.25, 0.3) is 0 Å². The Morgan fingerprint density at radius 2 is 2.17 bits per heavy atom. The quantitative estimate of drug-likeness (QED) is 0.787. The summed E-state index contributed by atoms with van der Waals surface area (Å²) in [4.78, 5) is 5.24. The summed E-state index contributed by atoms with van der Waals surface area (Å²) in [6, 6.07) is 5.03. The van der Waals surface area contributed by atoms with Gasteiger partial charge >= 0.3 is 0 Å². The monoisotopic (exact) mass is 268 g/mol. The van der Waals surface area contributed by atoms with Crippen molar-refractivity contribution in [2.45, 2.75) is 38.9 Å². The number of ether oxygens (including phenoxy) is 1. The molecule has 1 aliphatic rings. The highest BCUT2D eigenvalue weighted by Gasteiger charge is 2.31. The molecule has 0 radical (unpaired) electrons. The third-order valence-corrected chi connectivity index (χ3v) is 4.83. The van der Waals surface area contributed by atoms with Crippen LogP contribution in [0.2, 0.25) is 0 Å². The standard InChI is InChI=1S/C14H24N2OS/c1-11(12-3-4-12)16(7-8-17-2)10-14-6-5-13(9-15)18-14/h5-6,11-12H,3-4,7-10,15H2,1-2H3. The van der Waals surface area contributed by atoms with Crippen molar-refractivity contribution in [2.75, 3.05) is 20.3 Å². The molecule has 1 aliphatic carbocycles. The van der Waals surface area contributed by atoms with Crippen molar-refractivity contribution in [2.24, 2.45) is 11.7 Å². The van der Waals surface area contributed by atoms with Gasteiger partial charge in [-0.1, -0.05) is 0 Å². The van der Waals surface area contributed by atoms with E-state index in [4.69, 9.17) is 10.5 Å². The topological polar surface area (TPSA) is 38.5 Å². The molecular weight excluding hydrogens is 244 g/mol. The summed E-state index contributed by atoms with van der Waals surface area (Å²) >= 11 is 1.84. The molecule has 2 N–H and O–H groups in total. The van der Waals surface area contributed by atoms with Crippen LogP contribution in [0.4, 0.5) is 0 Å². The zero-order valence-corrected chi connectivity index (χ0v) is 12.2. The van der Waals surface area contributed by atoms with E-state index in [0.717, 1.165) is 25.6 Å². The molecule has 1 heterocycles. The van der Waals surface area contributed by atoms with E-state index in [9.17, 15) is 0 Å². The van der Waals surface area contributed by atoms with Crippen molar-refractivity contribution in [3.8, 4) is 0 Å². The first-order chi connectivity index (χ1) is 8.74. The Balaban J connectivity index is 1.94. The normalized spacial score (nSPS) is 17.3. The minimum Gasteiger partial charge on any atom is -0.383 e. The predicted molar refractivity (Wildman–Crippen MR) is 76.7 cm³/mol. The van der Waals surface area contributed by atoms with Crippen LogP contribution < -0.4 is 5.73 Å². The van der Waals surface area contributed by atoms with E-state index in [2.05, 4.69) is 24.0 Å². The Labute approximate surface area is 114 Å². The molecule has 1 saturated carbocycles. The van der Waals surface area contributed by atoms with Gasteiger partial charge in [0.15, 0.2) is 0 Å². The molecule has 0 spiro atoms. The summed E-state index contributed by atoms with van der Waals surface area (Å²) in [5, 5.41) is 0. The SMILES string of the molecule is COCCN(Cc1ccc(CN)s1)C(C)C1CC1. The smallest absolute Gasteiger partial charge is 0.0589 e. The summed E-state index contributed by atoms with van der Waals surface area (Å²) in [7, 11) is 1.78. The Bertz CT molecular complexity index is 362. The van der Waals surface area contributed by atoms with Crippen LogP contribution >= 0.6 is 11.3 Å². The molecule has 3 nitrogen and oxygen atoms in total. The van der Waals surface area contributed by atoms with Crippen LogP contribution in [0.3, 0.4) is 0 Å². The number of methoxy groups -OCH3 is 1. The summed E-state index contributed by atoms with van der Waals surface area (Å²) in [6.07, 6.45) is 2.78. The number of nitrogens with zero attached hydrogens (tertiary/aromatic N) is 1. The highest BCUT2D eigenvalue weighted by atomic mass is 32.1. The number of thiophene rings is 1. The van der Waals surface area contributed by atoms with Gasteiger partial charge in [-0.2, -0.15) is 0 Å². The molecule has 2 rings (SSSR count). The first-order valence-electron chi connectivity index (χ1n) is 6.75. The van der Waals surface area contributed by atoms with Gasteiger partial charge in [0.05, 0.1) is 6.61 Å². The lowest BCUT2D eigenvalue weighted by atomic mass is 10.2. The van der Waals surface area contributed by atoms with Gasteiger partial charge < -0.3 is 10.5 Å². The molecule has 0 aliphatic heterocycles. The van der Waals surface area contributed by atoms with Crippen molar-refractivity contribution >= 4 is 11.3 Å². The van der Waals surface area contributed by atoms with E-state index in [1.807, 2.05) is 11.3 Å². The Hall–Kier alpha value is -0.420. The lowest BCUT2D eigenvalue weighted by Gasteiger charge is -2.28. The van der Waals surface area contributed by atoms with Gasteiger partial charge in [0.2, 0.25) is 0 Å². The van der Waals surface area contributed by atoms with E-state index in [-0.39, 0.29) is 0 Å². The fourth-order valence-corrected chi connectivity index (χ4v) is 3.25.